The Morgan fingerprint density at radius 2 is 2.39 bits per heavy atom. The molecule has 0 fully saturated rings. The zero-order valence-electron chi connectivity index (χ0n) is 10.9. The highest BCUT2D eigenvalue weighted by Crippen LogP contribution is 2.34. The van der Waals surface area contributed by atoms with E-state index in [-0.39, 0.29) is 0 Å². The highest BCUT2D eigenvalue weighted by Gasteiger charge is 2.19. The molecule has 0 saturated heterocycles. The van der Waals surface area contributed by atoms with Gasteiger partial charge >= 0.3 is 0 Å². The highest BCUT2D eigenvalue weighted by molar-refractivity contribution is 5.42. The van der Waals surface area contributed by atoms with Gasteiger partial charge in [-0.15, -0.1) is 0 Å². The van der Waals surface area contributed by atoms with Gasteiger partial charge in [-0.2, -0.15) is 0 Å². The Kier molecular flexibility index (Phi) is 4.84. The van der Waals surface area contributed by atoms with Crippen molar-refractivity contribution in [1.82, 2.24) is 5.32 Å². The molecule has 1 aromatic carbocycles. The third kappa shape index (κ3) is 3.15. The van der Waals surface area contributed by atoms with Crippen LogP contribution in [0.2, 0.25) is 0 Å². The number of ether oxygens (including phenoxy) is 2. The maximum Gasteiger partial charge on any atom is 0.124 e. The van der Waals surface area contributed by atoms with Gasteiger partial charge in [-0.05, 0) is 50.6 Å². The minimum Gasteiger partial charge on any atom is -0.497 e. The number of fused-ring (bicyclic) bond motifs is 1. The number of nitrogens with one attached hydrogen (secondary N) is 1. The van der Waals surface area contributed by atoms with Crippen LogP contribution in [-0.2, 0) is 0 Å². The average molecular weight is 250 g/mol. The van der Waals surface area contributed by atoms with Gasteiger partial charge in [-0.1, -0.05) is 0 Å². The molecule has 18 heavy (non-hydrogen) atoms. The van der Waals surface area contributed by atoms with Gasteiger partial charge in [0.2, 0.25) is 0 Å². The van der Waals surface area contributed by atoms with E-state index in [0.29, 0.717) is 6.04 Å². The molecule has 0 aromatic heterocycles. The molecular weight excluding hydrogens is 228 g/mol. The summed E-state index contributed by atoms with van der Waals surface area (Å²) in [4.78, 5) is 0. The summed E-state index contributed by atoms with van der Waals surface area (Å²) in [7, 11) is 1.69. The zero-order chi connectivity index (χ0) is 12.8. The van der Waals surface area contributed by atoms with Crippen LogP contribution >= 0.6 is 0 Å². The van der Waals surface area contributed by atoms with Crippen LogP contribution in [0.1, 0.15) is 30.9 Å². The molecule has 0 radical (unpaired) electrons. The van der Waals surface area contributed by atoms with Crippen molar-refractivity contribution in [2.24, 2.45) is 5.73 Å². The largest absolute Gasteiger partial charge is 0.497 e. The molecule has 1 aliphatic rings. The van der Waals surface area contributed by atoms with Crippen molar-refractivity contribution in [1.29, 1.82) is 0 Å². The molecule has 1 unspecified atom stereocenters. The predicted molar refractivity (Wildman–Crippen MR) is 72.1 cm³/mol. The van der Waals surface area contributed by atoms with Crippen LogP contribution in [0.5, 0.6) is 11.5 Å². The van der Waals surface area contributed by atoms with Crippen LogP contribution in [0.25, 0.3) is 0 Å². The maximum absolute atomic E-state index is 5.76. The number of nitrogens with two attached hydrogens (primary N) is 1. The molecule has 100 valence electrons. The molecule has 0 aliphatic carbocycles. The second-order valence-electron chi connectivity index (χ2n) is 4.54. The van der Waals surface area contributed by atoms with Gasteiger partial charge in [0.25, 0.3) is 0 Å². The minimum atomic E-state index is 0.337. The monoisotopic (exact) mass is 250 g/mol. The lowest BCUT2D eigenvalue weighted by atomic mass is 10.0. The summed E-state index contributed by atoms with van der Waals surface area (Å²) in [6.45, 7) is 2.45. The second-order valence-corrected chi connectivity index (χ2v) is 4.54. The van der Waals surface area contributed by atoms with Crippen molar-refractivity contribution in [2.75, 3.05) is 26.8 Å². The Labute approximate surface area is 108 Å². The lowest BCUT2D eigenvalue weighted by Crippen LogP contribution is -2.23. The molecule has 1 heterocycles. The van der Waals surface area contributed by atoms with Crippen LogP contribution in [0, 0.1) is 0 Å². The van der Waals surface area contributed by atoms with Crippen LogP contribution in [-0.4, -0.2) is 26.8 Å². The third-order valence-electron chi connectivity index (χ3n) is 3.26. The molecular formula is C14H22N2O2. The molecule has 1 atom stereocenters. The van der Waals surface area contributed by atoms with E-state index in [9.17, 15) is 0 Å². The van der Waals surface area contributed by atoms with E-state index in [0.717, 1.165) is 50.5 Å². The topological polar surface area (TPSA) is 56.5 Å². The Bertz CT molecular complexity index is 382. The molecule has 1 aliphatic heterocycles. The van der Waals surface area contributed by atoms with Crippen LogP contribution < -0.4 is 20.5 Å². The fraction of sp³-hybridized carbons (Fsp3) is 0.571. The second kappa shape index (κ2) is 6.61. The van der Waals surface area contributed by atoms with E-state index in [2.05, 4.69) is 11.4 Å². The molecule has 4 nitrogen and oxygen atoms in total. The van der Waals surface area contributed by atoms with Crippen molar-refractivity contribution >= 4 is 0 Å². The quantitative estimate of drug-likeness (QED) is 0.783. The van der Waals surface area contributed by atoms with Crippen molar-refractivity contribution < 1.29 is 9.47 Å². The van der Waals surface area contributed by atoms with Gasteiger partial charge < -0.3 is 20.5 Å². The molecule has 0 saturated carbocycles. The van der Waals surface area contributed by atoms with E-state index in [1.165, 1.54) is 5.56 Å². The maximum atomic E-state index is 5.76. The minimum absolute atomic E-state index is 0.337. The van der Waals surface area contributed by atoms with E-state index >= 15 is 0 Å². The summed E-state index contributed by atoms with van der Waals surface area (Å²) in [6.07, 6.45) is 3.15. The number of benzene rings is 1. The van der Waals surface area contributed by atoms with Crippen LogP contribution in [0.15, 0.2) is 18.2 Å². The molecule has 3 N–H and O–H groups in total. The number of rotatable bonds is 5. The first-order valence-electron chi connectivity index (χ1n) is 6.59. The van der Waals surface area contributed by atoms with Gasteiger partial charge in [0, 0.05) is 11.6 Å². The Balaban J connectivity index is 2.16. The number of methoxy groups -OCH3 is 1. The summed E-state index contributed by atoms with van der Waals surface area (Å²) >= 11 is 0. The standard InChI is InChI=1S/C14H22N2O2/c1-17-11-5-6-14-12(10-11)13(4-2-9-18-14)16-8-3-7-15/h5-6,10,13,16H,2-4,7-9,15H2,1H3. The van der Waals surface area contributed by atoms with Crippen LogP contribution in [0.4, 0.5) is 0 Å². The van der Waals surface area contributed by atoms with E-state index < -0.39 is 0 Å². The SMILES string of the molecule is COc1ccc2c(c1)C(NCCCN)CCCO2. The lowest BCUT2D eigenvalue weighted by Gasteiger charge is -2.19. The zero-order valence-corrected chi connectivity index (χ0v) is 10.9. The Morgan fingerprint density at radius 1 is 1.50 bits per heavy atom. The summed E-state index contributed by atoms with van der Waals surface area (Å²) in [5.41, 5.74) is 6.73. The van der Waals surface area contributed by atoms with Gasteiger partial charge in [0.1, 0.15) is 11.5 Å². The highest BCUT2D eigenvalue weighted by atomic mass is 16.5. The number of hydrogen-bond donors (Lipinski definition) is 2. The van der Waals surface area contributed by atoms with Gasteiger partial charge in [-0.25, -0.2) is 0 Å². The fourth-order valence-electron chi connectivity index (χ4n) is 2.27. The summed E-state index contributed by atoms with van der Waals surface area (Å²) in [6, 6.07) is 6.35. The molecule has 4 heteroatoms. The van der Waals surface area contributed by atoms with Crippen LogP contribution in [0.3, 0.4) is 0 Å². The van der Waals surface area contributed by atoms with Crippen molar-refractivity contribution in [3.63, 3.8) is 0 Å². The van der Waals surface area contributed by atoms with Gasteiger partial charge in [0.15, 0.2) is 0 Å². The smallest absolute Gasteiger partial charge is 0.124 e. The first kappa shape index (κ1) is 13.2. The van der Waals surface area contributed by atoms with Crippen molar-refractivity contribution in [3.8, 4) is 11.5 Å². The number of hydrogen-bond acceptors (Lipinski definition) is 4. The molecule has 0 spiro atoms. The predicted octanol–water partition coefficient (Wildman–Crippen LogP) is 1.85. The molecule has 1 aromatic rings. The van der Waals surface area contributed by atoms with Gasteiger partial charge in [-0.3, -0.25) is 0 Å². The third-order valence-corrected chi connectivity index (χ3v) is 3.26. The van der Waals surface area contributed by atoms with E-state index in [1.54, 1.807) is 7.11 Å². The Morgan fingerprint density at radius 3 is 3.17 bits per heavy atom. The molecule has 0 bridgehead atoms. The van der Waals surface area contributed by atoms with Crippen molar-refractivity contribution in [3.05, 3.63) is 23.8 Å². The van der Waals surface area contributed by atoms with Crippen molar-refractivity contribution in [2.45, 2.75) is 25.3 Å². The normalized spacial score (nSPS) is 18.7. The first-order valence-corrected chi connectivity index (χ1v) is 6.59. The average Bonchev–Trinajstić information content (AvgIpc) is 2.61. The Hall–Kier alpha value is -1.26. The fourth-order valence-corrected chi connectivity index (χ4v) is 2.27. The van der Waals surface area contributed by atoms with E-state index in [1.807, 2.05) is 12.1 Å². The van der Waals surface area contributed by atoms with E-state index in [4.69, 9.17) is 15.2 Å². The first-order chi connectivity index (χ1) is 8.85. The molecule has 0 amide bonds. The summed E-state index contributed by atoms with van der Waals surface area (Å²) in [5.74, 6) is 1.85. The summed E-state index contributed by atoms with van der Waals surface area (Å²) in [5, 5.41) is 3.55. The van der Waals surface area contributed by atoms with Gasteiger partial charge in [0.05, 0.1) is 13.7 Å². The lowest BCUT2D eigenvalue weighted by molar-refractivity contribution is 0.314. The summed E-state index contributed by atoms with van der Waals surface area (Å²) < 4.78 is 11.1. The molecule has 2 rings (SSSR count).